The zero-order valence-corrected chi connectivity index (χ0v) is 13.8. The standard InChI is InChI=1S/C15H20BrNO4/c1-3-9-6-11(12(7-9)15(19)20)14(18)17(2)8-10-4-5-13(16)21-10/h4-5,9,11-12H,3,6-8H2,1-2H3,(H,19,20). The number of rotatable bonds is 5. The molecule has 116 valence electrons. The van der Waals surface area contributed by atoms with Gasteiger partial charge in [-0.2, -0.15) is 0 Å². The normalized spacial score (nSPS) is 25.0. The number of amides is 1. The van der Waals surface area contributed by atoms with Crippen LogP contribution in [-0.4, -0.2) is 28.9 Å². The lowest BCUT2D eigenvalue weighted by atomic mass is 9.95. The van der Waals surface area contributed by atoms with E-state index < -0.39 is 17.8 Å². The fourth-order valence-corrected chi connectivity index (χ4v) is 3.39. The quantitative estimate of drug-likeness (QED) is 0.878. The van der Waals surface area contributed by atoms with Gasteiger partial charge in [0.25, 0.3) is 0 Å². The average Bonchev–Trinajstić information content (AvgIpc) is 3.04. The van der Waals surface area contributed by atoms with E-state index in [1.54, 1.807) is 24.1 Å². The van der Waals surface area contributed by atoms with Gasteiger partial charge in [-0.3, -0.25) is 9.59 Å². The molecular formula is C15H20BrNO4. The summed E-state index contributed by atoms with van der Waals surface area (Å²) in [6.07, 6.45) is 2.18. The van der Waals surface area contributed by atoms with Crippen LogP contribution in [0.1, 0.15) is 31.9 Å². The van der Waals surface area contributed by atoms with Gasteiger partial charge in [0.05, 0.1) is 18.4 Å². The van der Waals surface area contributed by atoms with Gasteiger partial charge in [0.1, 0.15) is 5.76 Å². The van der Waals surface area contributed by atoms with Gasteiger partial charge >= 0.3 is 5.97 Å². The molecule has 1 aromatic rings. The van der Waals surface area contributed by atoms with Crippen LogP contribution in [0.5, 0.6) is 0 Å². The zero-order chi connectivity index (χ0) is 15.6. The summed E-state index contributed by atoms with van der Waals surface area (Å²) in [6.45, 7) is 2.39. The van der Waals surface area contributed by atoms with Gasteiger partial charge in [-0.25, -0.2) is 0 Å². The average molecular weight is 358 g/mol. The monoisotopic (exact) mass is 357 g/mol. The van der Waals surface area contributed by atoms with Crippen molar-refractivity contribution >= 4 is 27.8 Å². The van der Waals surface area contributed by atoms with Crippen molar-refractivity contribution in [3.05, 3.63) is 22.6 Å². The van der Waals surface area contributed by atoms with Gasteiger partial charge in [0.2, 0.25) is 5.91 Å². The first-order chi connectivity index (χ1) is 9.92. The summed E-state index contributed by atoms with van der Waals surface area (Å²) in [7, 11) is 1.69. The Labute approximate surface area is 132 Å². The SMILES string of the molecule is CCC1CC(C(=O)O)C(C(=O)N(C)Cc2ccc(Br)o2)C1. The first-order valence-corrected chi connectivity index (χ1v) is 7.93. The van der Waals surface area contributed by atoms with Crippen LogP contribution >= 0.6 is 15.9 Å². The predicted octanol–water partition coefficient (Wildman–Crippen LogP) is 3.14. The summed E-state index contributed by atoms with van der Waals surface area (Å²) in [5.74, 6) is -0.950. The molecule has 1 aromatic heterocycles. The Morgan fingerprint density at radius 2 is 2.05 bits per heavy atom. The van der Waals surface area contributed by atoms with Crippen LogP contribution in [0.3, 0.4) is 0 Å². The lowest BCUT2D eigenvalue weighted by Gasteiger charge is -2.22. The molecule has 1 N–H and O–H groups in total. The summed E-state index contributed by atoms with van der Waals surface area (Å²) in [4.78, 5) is 25.5. The fourth-order valence-electron chi connectivity index (χ4n) is 3.05. The van der Waals surface area contributed by atoms with Crippen LogP contribution in [0.25, 0.3) is 0 Å². The fraction of sp³-hybridized carbons (Fsp3) is 0.600. The molecule has 1 aliphatic carbocycles. The Bertz CT molecular complexity index is 527. The molecule has 6 heteroatoms. The Kier molecular flexibility index (Phi) is 5.08. The highest BCUT2D eigenvalue weighted by atomic mass is 79.9. The molecule has 1 aliphatic rings. The molecule has 3 atom stereocenters. The van der Waals surface area contributed by atoms with Gasteiger partial charge in [-0.05, 0) is 46.8 Å². The van der Waals surface area contributed by atoms with E-state index in [9.17, 15) is 14.7 Å². The number of hydrogen-bond donors (Lipinski definition) is 1. The Morgan fingerprint density at radius 3 is 2.57 bits per heavy atom. The summed E-state index contributed by atoms with van der Waals surface area (Å²) < 4.78 is 6.01. The first-order valence-electron chi connectivity index (χ1n) is 7.14. The number of nitrogens with zero attached hydrogens (tertiary/aromatic N) is 1. The first kappa shape index (κ1) is 16.1. The van der Waals surface area contributed by atoms with Crippen LogP contribution in [-0.2, 0) is 16.1 Å². The number of carboxylic acid groups (broad SMARTS) is 1. The van der Waals surface area contributed by atoms with E-state index in [0.717, 1.165) is 6.42 Å². The van der Waals surface area contributed by atoms with E-state index in [4.69, 9.17) is 4.42 Å². The summed E-state index contributed by atoms with van der Waals surface area (Å²) >= 11 is 3.22. The molecule has 21 heavy (non-hydrogen) atoms. The number of halogens is 1. The van der Waals surface area contributed by atoms with Crippen molar-refractivity contribution in [1.29, 1.82) is 0 Å². The van der Waals surface area contributed by atoms with Crippen molar-refractivity contribution in [3.8, 4) is 0 Å². The second-order valence-corrected chi connectivity index (χ2v) is 6.48. The van der Waals surface area contributed by atoms with Crippen LogP contribution in [0.4, 0.5) is 0 Å². The molecule has 2 rings (SSSR count). The van der Waals surface area contributed by atoms with Crippen molar-refractivity contribution in [2.24, 2.45) is 17.8 Å². The molecule has 0 aliphatic heterocycles. The number of carbonyl (C=O) groups is 2. The number of furan rings is 1. The second-order valence-electron chi connectivity index (χ2n) is 5.70. The molecular weight excluding hydrogens is 338 g/mol. The van der Waals surface area contributed by atoms with Crippen LogP contribution in [0.15, 0.2) is 21.2 Å². The molecule has 0 spiro atoms. The molecule has 3 unspecified atom stereocenters. The number of carbonyl (C=O) groups excluding carboxylic acids is 1. The molecule has 0 radical (unpaired) electrons. The number of aliphatic carboxylic acids is 1. The molecule has 1 amide bonds. The third-order valence-corrected chi connectivity index (χ3v) is 4.70. The van der Waals surface area contributed by atoms with Crippen LogP contribution < -0.4 is 0 Å². The van der Waals surface area contributed by atoms with E-state index >= 15 is 0 Å². The van der Waals surface area contributed by atoms with Gasteiger partial charge in [-0.15, -0.1) is 0 Å². The smallest absolute Gasteiger partial charge is 0.307 e. The van der Waals surface area contributed by atoms with Crippen molar-refractivity contribution in [2.75, 3.05) is 7.05 Å². The van der Waals surface area contributed by atoms with E-state index in [2.05, 4.69) is 15.9 Å². The summed E-state index contributed by atoms with van der Waals surface area (Å²) in [6, 6.07) is 3.57. The van der Waals surface area contributed by atoms with Gasteiger partial charge < -0.3 is 14.4 Å². The van der Waals surface area contributed by atoms with E-state index in [1.807, 2.05) is 6.92 Å². The molecule has 0 aromatic carbocycles. The van der Waals surface area contributed by atoms with Gasteiger partial charge in [-0.1, -0.05) is 13.3 Å². The lowest BCUT2D eigenvalue weighted by Crippen LogP contribution is -2.36. The molecule has 1 saturated carbocycles. The molecule has 1 heterocycles. The van der Waals surface area contributed by atoms with Crippen molar-refractivity contribution in [1.82, 2.24) is 4.90 Å². The Morgan fingerprint density at radius 1 is 1.38 bits per heavy atom. The third kappa shape index (κ3) is 3.67. The minimum absolute atomic E-state index is 0.106. The Balaban J connectivity index is 2.05. The van der Waals surface area contributed by atoms with Gasteiger partial charge in [0, 0.05) is 7.05 Å². The van der Waals surface area contributed by atoms with E-state index in [0.29, 0.717) is 35.7 Å². The Hall–Kier alpha value is -1.30. The lowest BCUT2D eigenvalue weighted by molar-refractivity contribution is -0.148. The van der Waals surface area contributed by atoms with Crippen LogP contribution in [0, 0.1) is 17.8 Å². The summed E-state index contributed by atoms with van der Waals surface area (Å²) in [5.41, 5.74) is 0. The maximum atomic E-state index is 12.5. The summed E-state index contributed by atoms with van der Waals surface area (Å²) in [5, 5.41) is 9.33. The predicted molar refractivity (Wildman–Crippen MR) is 80.5 cm³/mol. The topological polar surface area (TPSA) is 70.8 Å². The highest BCUT2D eigenvalue weighted by Gasteiger charge is 2.43. The molecule has 0 bridgehead atoms. The third-order valence-electron chi connectivity index (χ3n) is 4.27. The minimum Gasteiger partial charge on any atom is -0.481 e. The van der Waals surface area contributed by atoms with E-state index in [1.165, 1.54) is 0 Å². The van der Waals surface area contributed by atoms with Crippen molar-refractivity contribution in [3.63, 3.8) is 0 Å². The second kappa shape index (κ2) is 6.64. The zero-order valence-electron chi connectivity index (χ0n) is 12.2. The molecule has 0 saturated heterocycles. The largest absolute Gasteiger partial charge is 0.481 e. The maximum Gasteiger partial charge on any atom is 0.307 e. The number of hydrogen-bond acceptors (Lipinski definition) is 3. The highest BCUT2D eigenvalue weighted by Crippen LogP contribution is 2.39. The van der Waals surface area contributed by atoms with E-state index in [-0.39, 0.29) is 5.91 Å². The van der Waals surface area contributed by atoms with Crippen molar-refractivity contribution in [2.45, 2.75) is 32.7 Å². The van der Waals surface area contributed by atoms with Crippen LogP contribution in [0.2, 0.25) is 0 Å². The molecule has 1 fully saturated rings. The number of carboxylic acids is 1. The highest BCUT2D eigenvalue weighted by molar-refractivity contribution is 9.10. The molecule has 5 nitrogen and oxygen atoms in total. The maximum absolute atomic E-state index is 12.5. The van der Waals surface area contributed by atoms with Gasteiger partial charge in [0.15, 0.2) is 4.67 Å². The minimum atomic E-state index is -0.863. The van der Waals surface area contributed by atoms with Crippen molar-refractivity contribution < 1.29 is 19.1 Å².